The summed E-state index contributed by atoms with van der Waals surface area (Å²) in [7, 11) is -0.0405. The molecule has 1 aliphatic heterocycles. The number of phenolic OH excluding ortho intramolecular Hbond substituents is 1. The number of benzene rings is 2. The number of anilines is 1. The first-order valence-electron chi connectivity index (χ1n) is 11.1. The Morgan fingerprint density at radius 2 is 1.78 bits per heavy atom. The predicted molar refractivity (Wildman–Crippen MR) is 146 cm³/mol. The molecular weight excluding hydrogens is 548 g/mol. The molecule has 1 aliphatic rings. The lowest BCUT2D eigenvalue weighted by atomic mass is 9.84. The molecule has 0 aromatic heterocycles. The molecule has 0 saturated carbocycles. The molecular formula is C25H33BrN4O5S. The van der Waals surface area contributed by atoms with E-state index in [-0.39, 0.29) is 58.4 Å². The van der Waals surface area contributed by atoms with Crippen LogP contribution in [0.2, 0.25) is 0 Å². The van der Waals surface area contributed by atoms with E-state index >= 15 is 0 Å². The van der Waals surface area contributed by atoms with Gasteiger partial charge < -0.3 is 20.2 Å². The summed E-state index contributed by atoms with van der Waals surface area (Å²) in [5, 5.41) is 22.0. The molecule has 2 aromatic carbocycles. The van der Waals surface area contributed by atoms with Gasteiger partial charge in [-0.1, -0.05) is 26.8 Å². The quantitative estimate of drug-likeness (QED) is 0.338. The monoisotopic (exact) mass is 580 g/mol. The standard InChI is InChI=1S/C25H32N4O5S.BrH/c1-25(2,3)19-10-17(11-20(22(19)31)27-14-35(6,33)34)21(30)13-29-12-16-8-7-15(24(32)28(4)5)9-18(16)23(29)26;/h7-11,26-27,31H,12-14H2,1-6H3;1H. The predicted octanol–water partition coefficient (Wildman–Crippen LogP) is 3.41. The van der Waals surface area contributed by atoms with E-state index in [2.05, 4.69) is 5.32 Å². The lowest BCUT2D eigenvalue weighted by Crippen LogP contribution is -2.30. The molecule has 11 heteroatoms. The first-order chi connectivity index (χ1) is 16.1. The summed E-state index contributed by atoms with van der Waals surface area (Å²) in [4.78, 5) is 28.7. The van der Waals surface area contributed by atoms with E-state index in [0.29, 0.717) is 28.8 Å². The van der Waals surface area contributed by atoms with Crippen LogP contribution in [0, 0.1) is 5.41 Å². The minimum Gasteiger partial charge on any atom is -0.505 e. The zero-order chi connectivity index (χ0) is 26.3. The molecule has 0 aliphatic carbocycles. The molecule has 196 valence electrons. The number of carbonyl (C=O) groups is 2. The molecule has 2 aromatic rings. The van der Waals surface area contributed by atoms with Gasteiger partial charge in [-0.25, -0.2) is 8.42 Å². The maximum absolute atomic E-state index is 13.3. The van der Waals surface area contributed by atoms with Crippen LogP contribution in [0.5, 0.6) is 5.75 Å². The van der Waals surface area contributed by atoms with Crippen molar-refractivity contribution in [3.05, 3.63) is 58.1 Å². The zero-order valence-electron chi connectivity index (χ0n) is 21.3. The number of Topliss-reactive ketones (excluding diaryl/α,β-unsaturated/α-hetero) is 1. The van der Waals surface area contributed by atoms with Gasteiger partial charge >= 0.3 is 0 Å². The highest BCUT2D eigenvalue weighted by Gasteiger charge is 2.29. The number of amides is 1. The number of nitrogens with one attached hydrogen (secondary N) is 2. The number of phenols is 1. The largest absolute Gasteiger partial charge is 0.505 e. The number of nitrogens with zero attached hydrogens (tertiary/aromatic N) is 2. The van der Waals surface area contributed by atoms with E-state index in [9.17, 15) is 23.1 Å². The Morgan fingerprint density at radius 1 is 1.14 bits per heavy atom. The maximum atomic E-state index is 13.3. The van der Waals surface area contributed by atoms with E-state index in [1.54, 1.807) is 43.3 Å². The normalized spacial score (nSPS) is 13.2. The molecule has 3 rings (SSSR count). The van der Waals surface area contributed by atoms with E-state index in [1.807, 2.05) is 20.8 Å². The van der Waals surface area contributed by atoms with E-state index < -0.39 is 15.3 Å². The number of hydrogen-bond acceptors (Lipinski definition) is 7. The molecule has 1 heterocycles. The fraction of sp³-hybridized carbons (Fsp3) is 0.400. The van der Waals surface area contributed by atoms with Crippen molar-refractivity contribution >= 4 is 50.0 Å². The SMILES string of the molecule is Br.CN(C)C(=O)c1ccc2c(c1)C(=N)N(CC(=O)c1cc(NCS(C)(=O)=O)c(O)c(C(C)(C)C)c1)C2. The fourth-order valence-electron chi connectivity index (χ4n) is 3.89. The molecule has 0 saturated heterocycles. The topological polar surface area (TPSA) is 131 Å². The van der Waals surface area contributed by atoms with E-state index in [0.717, 1.165) is 11.8 Å². The van der Waals surface area contributed by atoms with Gasteiger partial charge in [-0.2, -0.15) is 0 Å². The smallest absolute Gasteiger partial charge is 0.253 e. The van der Waals surface area contributed by atoms with Gasteiger partial charge in [0.2, 0.25) is 0 Å². The number of ketones is 1. The van der Waals surface area contributed by atoms with Gasteiger partial charge in [0.25, 0.3) is 5.91 Å². The number of amidine groups is 1. The third kappa shape index (κ3) is 6.44. The lowest BCUT2D eigenvalue weighted by molar-refractivity contribution is 0.0827. The van der Waals surface area contributed by atoms with Gasteiger partial charge in [0.15, 0.2) is 15.6 Å². The molecule has 1 amide bonds. The Bertz CT molecular complexity index is 1320. The second-order valence-electron chi connectivity index (χ2n) is 10.1. The van der Waals surface area contributed by atoms with Gasteiger partial charge in [-0.05, 0) is 35.2 Å². The molecule has 0 fully saturated rings. The van der Waals surface area contributed by atoms with Gasteiger partial charge in [0, 0.05) is 49.1 Å². The van der Waals surface area contributed by atoms with Crippen LogP contribution in [0.4, 0.5) is 5.69 Å². The highest BCUT2D eigenvalue weighted by Crippen LogP contribution is 2.38. The van der Waals surface area contributed by atoms with Gasteiger partial charge in [-0.15, -0.1) is 17.0 Å². The van der Waals surface area contributed by atoms with Crippen molar-refractivity contribution in [1.29, 1.82) is 5.41 Å². The van der Waals surface area contributed by atoms with Crippen molar-refractivity contribution in [2.75, 3.05) is 38.1 Å². The number of halogens is 1. The number of sulfone groups is 1. The van der Waals surface area contributed by atoms with Crippen molar-refractivity contribution in [1.82, 2.24) is 9.80 Å². The minimum atomic E-state index is -3.36. The molecule has 36 heavy (non-hydrogen) atoms. The van der Waals surface area contributed by atoms with E-state index in [1.165, 1.54) is 11.0 Å². The summed E-state index contributed by atoms with van der Waals surface area (Å²) in [6, 6.07) is 8.25. The molecule has 3 N–H and O–H groups in total. The van der Waals surface area contributed by atoms with Crippen molar-refractivity contribution in [3.63, 3.8) is 0 Å². The van der Waals surface area contributed by atoms with E-state index in [4.69, 9.17) is 5.41 Å². The number of fused-ring (bicyclic) bond motifs is 1. The van der Waals surface area contributed by atoms with Crippen molar-refractivity contribution in [2.45, 2.75) is 32.7 Å². The van der Waals surface area contributed by atoms with Crippen LogP contribution in [0.25, 0.3) is 0 Å². The van der Waals surface area contributed by atoms with Gasteiger partial charge in [0.05, 0.1) is 12.2 Å². The summed E-state index contributed by atoms with van der Waals surface area (Å²) in [5.41, 5.74) is 2.41. The first kappa shape index (κ1) is 29.3. The molecule has 0 bridgehead atoms. The van der Waals surface area contributed by atoms with Crippen LogP contribution in [0.15, 0.2) is 30.3 Å². The minimum absolute atomic E-state index is 0. The molecule has 0 radical (unpaired) electrons. The zero-order valence-corrected chi connectivity index (χ0v) is 23.8. The number of rotatable bonds is 7. The average molecular weight is 582 g/mol. The molecule has 0 atom stereocenters. The Kier molecular flexibility index (Phi) is 8.63. The van der Waals surface area contributed by atoms with Crippen LogP contribution < -0.4 is 5.32 Å². The lowest BCUT2D eigenvalue weighted by Gasteiger charge is -2.24. The third-order valence-electron chi connectivity index (χ3n) is 5.79. The van der Waals surface area contributed by atoms with Crippen LogP contribution in [0.1, 0.15) is 58.2 Å². The first-order valence-corrected chi connectivity index (χ1v) is 13.2. The van der Waals surface area contributed by atoms with Gasteiger partial charge in [0.1, 0.15) is 17.5 Å². The highest BCUT2D eigenvalue weighted by molar-refractivity contribution is 8.93. The van der Waals surface area contributed by atoms with Crippen LogP contribution in [-0.2, 0) is 21.8 Å². The Balaban J connectivity index is 0.00000456. The Hall–Kier alpha value is -2.92. The van der Waals surface area contributed by atoms with Crippen LogP contribution >= 0.6 is 17.0 Å². The van der Waals surface area contributed by atoms with Gasteiger partial charge in [-0.3, -0.25) is 15.0 Å². The maximum Gasteiger partial charge on any atom is 0.253 e. The number of hydrogen-bond donors (Lipinski definition) is 3. The second-order valence-corrected chi connectivity index (χ2v) is 12.3. The highest BCUT2D eigenvalue weighted by atomic mass is 79.9. The number of aromatic hydroxyl groups is 1. The van der Waals surface area contributed by atoms with Crippen molar-refractivity contribution < 1.29 is 23.1 Å². The Morgan fingerprint density at radius 3 is 2.33 bits per heavy atom. The summed E-state index contributed by atoms with van der Waals surface area (Å²) < 4.78 is 23.3. The van der Waals surface area contributed by atoms with Crippen molar-refractivity contribution in [3.8, 4) is 5.75 Å². The summed E-state index contributed by atoms with van der Waals surface area (Å²) in [5.74, 6) is -0.769. The Labute approximate surface area is 222 Å². The molecule has 0 spiro atoms. The molecule has 9 nitrogen and oxygen atoms in total. The summed E-state index contributed by atoms with van der Waals surface area (Å²) in [6.45, 7) is 5.94. The van der Waals surface area contributed by atoms with Crippen LogP contribution in [0.3, 0.4) is 0 Å². The fourth-order valence-corrected chi connectivity index (χ4v) is 4.31. The third-order valence-corrected chi connectivity index (χ3v) is 6.46. The second kappa shape index (κ2) is 10.6. The molecule has 0 unspecified atom stereocenters. The average Bonchev–Trinajstić information content (AvgIpc) is 3.05. The number of carbonyl (C=O) groups excluding carboxylic acids is 2. The summed E-state index contributed by atoms with van der Waals surface area (Å²) >= 11 is 0. The van der Waals surface area contributed by atoms with Crippen LogP contribution in [-0.4, -0.2) is 73.6 Å². The van der Waals surface area contributed by atoms with Crippen molar-refractivity contribution in [2.24, 2.45) is 0 Å². The summed E-state index contributed by atoms with van der Waals surface area (Å²) in [6.07, 6.45) is 1.07.